The van der Waals surface area contributed by atoms with Gasteiger partial charge in [0, 0.05) is 32.9 Å². The summed E-state index contributed by atoms with van der Waals surface area (Å²) in [6, 6.07) is 8.01. The van der Waals surface area contributed by atoms with Crippen molar-refractivity contribution in [3.63, 3.8) is 0 Å². The van der Waals surface area contributed by atoms with E-state index >= 15 is 0 Å². The maximum atomic E-state index is 13.0. The van der Waals surface area contributed by atoms with Gasteiger partial charge in [-0.3, -0.25) is 15.0 Å². The molecule has 9 nitrogen and oxygen atoms in total. The number of amides is 2. The van der Waals surface area contributed by atoms with Crippen molar-refractivity contribution in [2.45, 2.75) is 65.4 Å². The van der Waals surface area contributed by atoms with Crippen molar-refractivity contribution in [3.05, 3.63) is 29.8 Å². The van der Waals surface area contributed by atoms with Crippen LogP contribution in [0.4, 0.5) is 10.5 Å². The fraction of sp³-hybridized carbons (Fsp3) is 0.625. The highest BCUT2D eigenvalue weighted by molar-refractivity contribution is 5.81. The number of unbranched alkanes of at least 4 members (excludes halogenated alkanes) is 2. The second-order valence-corrected chi connectivity index (χ2v) is 9.17. The van der Waals surface area contributed by atoms with Crippen LogP contribution in [0.5, 0.6) is 0 Å². The van der Waals surface area contributed by atoms with Gasteiger partial charge in [-0.15, -0.1) is 0 Å². The maximum absolute atomic E-state index is 13.0. The van der Waals surface area contributed by atoms with Gasteiger partial charge in [0.2, 0.25) is 5.91 Å². The van der Waals surface area contributed by atoms with Crippen LogP contribution in [0, 0.1) is 5.92 Å². The molecule has 0 saturated carbocycles. The molecule has 2 amide bonds. The van der Waals surface area contributed by atoms with Crippen molar-refractivity contribution in [2.75, 3.05) is 32.1 Å². The Balaban J connectivity index is 2.90. The van der Waals surface area contributed by atoms with Gasteiger partial charge in [-0.1, -0.05) is 38.3 Å². The van der Waals surface area contributed by atoms with Crippen molar-refractivity contribution in [3.8, 4) is 0 Å². The first-order valence-corrected chi connectivity index (χ1v) is 11.5. The average molecular weight is 465 g/mol. The lowest BCUT2D eigenvalue weighted by Gasteiger charge is -2.29. The largest absolute Gasteiger partial charge is 0.442 e. The number of hydrogen-bond acceptors (Lipinski definition) is 7. The number of rotatable bonds is 13. The Morgan fingerprint density at radius 1 is 1.12 bits per heavy atom. The van der Waals surface area contributed by atoms with Gasteiger partial charge in [-0.2, -0.15) is 5.48 Å². The smallest absolute Gasteiger partial charge is 0.429 e. The van der Waals surface area contributed by atoms with Crippen molar-refractivity contribution in [2.24, 2.45) is 5.92 Å². The molecule has 0 aromatic heterocycles. The standard InChI is InChI=1S/C24H40N4O5/c1-7-8-9-10-20(17-25-32-18-29)22(30)26-28(23(31)33-24(2,3)4)16-15-19-11-13-21(14-12-19)27(5)6/h11-14,18,20,25H,7-10,15-17H2,1-6H3,(H,26,30). The number of nitrogens with one attached hydrogen (secondary N) is 2. The molecule has 0 saturated heterocycles. The highest BCUT2D eigenvalue weighted by atomic mass is 16.7. The lowest BCUT2D eigenvalue weighted by molar-refractivity contribution is -0.138. The Labute approximate surface area is 197 Å². The predicted molar refractivity (Wildman–Crippen MR) is 128 cm³/mol. The Hall–Kier alpha value is -2.81. The van der Waals surface area contributed by atoms with E-state index in [0.29, 0.717) is 12.8 Å². The monoisotopic (exact) mass is 464 g/mol. The van der Waals surface area contributed by atoms with Crippen LogP contribution in [-0.2, 0) is 25.6 Å². The van der Waals surface area contributed by atoms with Gasteiger partial charge in [0.25, 0.3) is 0 Å². The molecule has 1 aromatic rings. The van der Waals surface area contributed by atoms with Crippen LogP contribution in [0.1, 0.15) is 58.9 Å². The number of nitrogens with zero attached hydrogens (tertiary/aromatic N) is 2. The number of hydrazine groups is 1. The lowest BCUT2D eigenvalue weighted by atomic mass is 10.0. The van der Waals surface area contributed by atoms with E-state index in [1.165, 1.54) is 5.01 Å². The number of carbonyl (C=O) groups is 3. The third kappa shape index (κ3) is 11.6. The first-order chi connectivity index (χ1) is 15.6. The highest BCUT2D eigenvalue weighted by Crippen LogP contribution is 2.15. The quantitative estimate of drug-likeness (QED) is 0.262. The molecule has 0 aliphatic rings. The van der Waals surface area contributed by atoms with Crippen LogP contribution >= 0.6 is 0 Å². The van der Waals surface area contributed by atoms with Gasteiger partial charge in [0.1, 0.15) is 5.60 Å². The summed E-state index contributed by atoms with van der Waals surface area (Å²) in [5.74, 6) is -0.803. The summed E-state index contributed by atoms with van der Waals surface area (Å²) in [5.41, 5.74) is 6.62. The second-order valence-electron chi connectivity index (χ2n) is 9.17. The van der Waals surface area contributed by atoms with Gasteiger partial charge in [-0.05, 0) is 51.3 Å². The van der Waals surface area contributed by atoms with Crippen molar-refractivity contribution >= 4 is 24.2 Å². The SMILES string of the molecule is CCCCCC(CNOC=O)C(=O)NN(CCc1ccc(N(C)C)cc1)C(=O)OC(C)(C)C. The number of anilines is 1. The molecular weight excluding hydrogens is 424 g/mol. The van der Waals surface area contributed by atoms with Gasteiger partial charge in [0.05, 0.1) is 5.92 Å². The maximum Gasteiger partial charge on any atom is 0.429 e. The average Bonchev–Trinajstić information content (AvgIpc) is 2.74. The second kappa shape index (κ2) is 14.4. The van der Waals surface area contributed by atoms with Crippen molar-refractivity contribution in [1.29, 1.82) is 0 Å². The molecule has 0 radical (unpaired) electrons. The summed E-state index contributed by atoms with van der Waals surface area (Å²) < 4.78 is 5.50. The molecule has 1 unspecified atom stereocenters. The third-order valence-corrected chi connectivity index (χ3v) is 4.92. The van der Waals surface area contributed by atoms with Crippen LogP contribution in [-0.4, -0.2) is 56.3 Å². The topological polar surface area (TPSA) is 100 Å². The molecular formula is C24H40N4O5. The molecule has 33 heavy (non-hydrogen) atoms. The van der Waals surface area contributed by atoms with Gasteiger partial charge in [-0.25, -0.2) is 9.80 Å². The molecule has 1 aromatic carbocycles. The summed E-state index contributed by atoms with van der Waals surface area (Å²) in [6.45, 7) is 8.09. The number of ether oxygens (including phenoxy) is 1. The molecule has 0 bridgehead atoms. The van der Waals surface area contributed by atoms with E-state index < -0.39 is 17.6 Å². The minimum Gasteiger partial charge on any atom is -0.442 e. The van der Waals surface area contributed by atoms with Crippen molar-refractivity contribution < 1.29 is 24.0 Å². The number of carbonyl (C=O) groups excluding carboxylic acids is 3. The molecule has 186 valence electrons. The van der Waals surface area contributed by atoms with Gasteiger partial charge in [0.15, 0.2) is 0 Å². The minimum absolute atomic E-state index is 0.155. The number of hydroxylamine groups is 1. The highest BCUT2D eigenvalue weighted by Gasteiger charge is 2.26. The van der Waals surface area contributed by atoms with Crippen LogP contribution < -0.4 is 15.8 Å². The molecule has 9 heteroatoms. The Morgan fingerprint density at radius 3 is 2.33 bits per heavy atom. The molecule has 1 atom stereocenters. The minimum atomic E-state index is -0.701. The molecule has 0 aliphatic carbocycles. The first kappa shape index (κ1) is 28.2. The van der Waals surface area contributed by atoms with Crippen LogP contribution in [0.25, 0.3) is 0 Å². The zero-order chi connectivity index (χ0) is 24.9. The fourth-order valence-corrected chi connectivity index (χ4v) is 3.09. The van der Waals surface area contributed by atoms with E-state index in [9.17, 15) is 14.4 Å². The van der Waals surface area contributed by atoms with E-state index in [1.807, 2.05) is 43.3 Å². The first-order valence-electron chi connectivity index (χ1n) is 11.5. The summed E-state index contributed by atoms with van der Waals surface area (Å²) in [4.78, 5) is 42.8. The van der Waals surface area contributed by atoms with Crippen LogP contribution in [0.2, 0.25) is 0 Å². The van der Waals surface area contributed by atoms with E-state index in [-0.39, 0.29) is 25.5 Å². The van der Waals surface area contributed by atoms with E-state index in [1.54, 1.807) is 20.8 Å². The number of benzene rings is 1. The molecule has 0 heterocycles. The Kier molecular flexibility index (Phi) is 12.3. The fourth-order valence-electron chi connectivity index (χ4n) is 3.09. The van der Waals surface area contributed by atoms with Gasteiger partial charge < -0.3 is 14.5 Å². The molecule has 2 N–H and O–H groups in total. The molecule has 0 fully saturated rings. The van der Waals surface area contributed by atoms with Gasteiger partial charge >= 0.3 is 12.6 Å². The Bertz CT molecular complexity index is 731. The lowest BCUT2D eigenvalue weighted by Crippen LogP contribution is -2.51. The normalized spacial score (nSPS) is 11.9. The predicted octanol–water partition coefficient (Wildman–Crippen LogP) is 3.44. The zero-order valence-electron chi connectivity index (χ0n) is 20.8. The van der Waals surface area contributed by atoms with E-state index in [4.69, 9.17) is 4.74 Å². The Morgan fingerprint density at radius 2 is 1.79 bits per heavy atom. The summed E-state index contributed by atoms with van der Waals surface area (Å²) in [7, 11) is 3.95. The number of hydrogen-bond donors (Lipinski definition) is 2. The summed E-state index contributed by atoms with van der Waals surface area (Å²) in [5, 5.41) is 1.22. The summed E-state index contributed by atoms with van der Waals surface area (Å²) in [6.07, 6.45) is 3.37. The third-order valence-electron chi connectivity index (χ3n) is 4.92. The van der Waals surface area contributed by atoms with E-state index in [0.717, 1.165) is 30.5 Å². The van der Waals surface area contributed by atoms with Crippen LogP contribution in [0.3, 0.4) is 0 Å². The molecule has 0 spiro atoms. The molecule has 1 rings (SSSR count). The zero-order valence-corrected chi connectivity index (χ0v) is 20.8. The van der Waals surface area contributed by atoms with Crippen molar-refractivity contribution in [1.82, 2.24) is 15.9 Å². The molecule has 0 aliphatic heterocycles. The van der Waals surface area contributed by atoms with Crippen LogP contribution in [0.15, 0.2) is 24.3 Å². The van der Waals surface area contributed by atoms with E-state index in [2.05, 4.69) is 22.7 Å². The summed E-state index contributed by atoms with van der Waals surface area (Å²) >= 11 is 0.